The average molecular weight is 432 g/mol. The topological polar surface area (TPSA) is 81.1 Å². The number of rotatable bonds is 7. The van der Waals surface area contributed by atoms with E-state index in [4.69, 9.17) is 11.6 Å². The minimum Gasteiger partial charge on any atom is -0.342 e. The molecule has 6 nitrogen and oxygen atoms in total. The molecule has 0 aliphatic heterocycles. The second-order valence-corrected chi connectivity index (χ2v) is 9.38. The summed E-state index contributed by atoms with van der Waals surface area (Å²) in [5.74, 6) is 0.00111. The molecule has 1 amide bonds. The average Bonchev–Trinajstić information content (AvgIpc) is 3.11. The number of halogens is 1. The van der Waals surface area contributed by atoms with Gasteiger partial charge in [0.1, 0.15) is 11.9 Å². The molecule has 1 unspecified atom stereocenters. The van der Waals surface area contributed by atoms with Crippen LogP contribution in [0.5, 0.6) is 0 Å². The first-order valence-corrected chi connectivity index (χ1v) is 11.1. The van der Waals surface area contributed by atoms with E-state index in [-0.39, 0.29) is 23.0 Å². The SMILES string of the molecule is Cc1ccc(S(=O)(=O)CCC(=O)NC(c2ccc(Cl)cc2)c2nccn2C)cc1. The molecule has 0 aliphatic carbocycles. The van der Waals surface area contributed by atoms with E-state index < -0.39 is 15.9 Å². The lowest BCUT2D eigenvalue weighted by atomic mass is 10.1. The second-order valence-electron chi connectivity index (χ2n) is 6.83. The molecule has 1 atom stereocenters. The van der Waals surface area contributed by atoms with Crippen molar-refractivity contribution in [1.29, 1.82) is 0 Å². The molecule has 2 aromatic carbocycles. The Morgan fingerprint density at radius 3 is 2.38 bits per heavy atom. The van der Waals surface area contributed by atoms with Gasteiger partial charge in [0.25, 0.3) is 0 Å². The lowest BCUT2D eigenvalue weighted by molar-refractivity contribution is -0.121. The first-order chi connectivity index (χ1) is 13.8. The molecule has 0 radical (unpaired) electrons. The number of benzene rings is 2. The van der Waals surface area contributed by atoms with Crippen molar-refractivity contribution in [2.75, 3.05) is 5.75 Å². The van der Waals surface area contributed by atoms with Crippen molar-refractivity contribution in [2.45, 2.75) is 24.3 Å². The van der Waals surface area contributed by atoms with Gasteiger partial charge in [-0.3, -0.25) is 4.79 Å². The van der Waals surface area contributed by atoms with E-state index in [0.29, 0.717) is 10.8 Å². The van der Waals surface area contributed by atoms with Crippen LogP contribution in [0.25, 0.3) is 0 Å². The summed E-state index contributed by atoms with van der Waals surface area (Å²) in [6.07, 6.45) is 3.28. The summed E-state index contributed by atoms with van der Waals surface area (Å²) < 4.78 is 26.8. The van der Waals surface area contributed by atoms with Crippen molar-refractivity contribution >= 4 is 27.3 Å². The van der Waals surface area contributed by atoms with Crippen LogP contribution in [-0.2, 0) is 21.7 Å². The van der Waals surface area contributed by atoms with Gasteiger partial charge in [-0.05, 0) is 36.8 Å². The van der Waals surface area contributed by atoms with Gasteiger partial charge < -0.3 is 9.88 Å². The third kappa shape index (κ3) is 5.25. The van der Waals surface area contributed by atoms with Crippen LogP contribution in [-0.4, -0.2) is 29.6 Å². The molecule has 152 valence electrons. The molecule has 0 fully saturated rings. The largest absolute Gasteiger partial charge is 0.342 e. The maximum Gasteiger partial charge on any atom is 0.221 e. The minimum atomic E-state index is -3.54. The molecule has 1 N–H and O–H groups in total. The van der Waals surface area contributed by atoms with Crippen LogP contribution in [0.3, 0.4) is 0 Å². The number of hydrogen-bond acceptors (Lipinski definition) is 4. The summed E-state index contributed by atoms with van der Waals surface area (Å²) >= 11 is 5.97. The highest BCUT2D eigenvalue weighted by Crippen LogP contribution is 2.22. The molecule has 0 bridgehead atoms. The summed E-state index contributed by atoms with van der Waals surface area (Å²) in [5, 5.41) is 3.49. The number of hydrogen-bond donors (Lipinski definition) is 1. The summed E-state index contributed by atoms with van der Waals surface area (Å²) in [5.41, 5.74) is 1.78. The maximum atomic E-state index is 12.6. The first kappa shape index (κ1) is 21.1. The Labute approximate surface area is 175 Å². The Balaban J connectivity index is 1.74. The highest BCUT2D eigenvalue weighted by molar-refractivity contribution is 7.91. The van der Waals surface area contributed by atoms with Gasteiger partial charge in [-0.1, -0.05) is 41.4 Å². The van der Waals surface area contributed by atoms with Crippen LogP contribution < -0.4 is 5.32 Å². The zero-order valence-corrected chi connectivity index (χ0v) is 17.7. The number of nitrogens with one attached hydrogen (secondary N) is 1. The number of imidazole rings is 1. The van der Waals surface area contributed by atoms with Gasteiger partial charge in [-0.2, -0.15) is 0 Å². The lowest BCUT2D eigenvalue weighted by Gasteiger charge is -2.19. The van der Waals surface area contributed by atoms with Crippen LogP contribution in [0.1, 0.15) is 29.4 Å². The predicted octanol–water partition coefficient (Wildman–Crippen LogP) is 3.45. The summed E-state index contributed by atoms with van der Waals surface area (Å²) in [7, 11) is -1.71. The van der Waals surface area contributed by atoms with Crippen LogP contribution in [0, 0.1) is 6.92 Å². The molecule has 29 heavy (non-hydrogen) atoms. The molecule has 0 spiro atoms. The summed E-state index contributed by atoms with van der Waals surface area (Å²) in [6.45, 7) is 1.89. The van der Waals surface area contributed by atoms with E-state index in [1.54, 1.807) is 48.8 Å². The van der Waals surface area contributed by atoms with Crippen molar-refractivity contribution in [3.05, 3.63) is 82.9 Å². The quantitative estimate of drug-likeness (QED) is 0.621. The van der Waals surface area contributed by atoms with Crippen LogP contribution in [0.15, 0.2) is 65.8 Å². The fraction of sp³-hybridized carbons (Fsp3) is 0.238. The third-order valence-corrected chi connectivity index (χ3v) is 6.59. The molecular weight excluding hydrogens is 410 g/mol. The number of sulfone groups is 1. The van der Waals surface area contributed by atoms with E-state index in [2.05, 4.69) is 10.3 Å². The molecule has 0 saturated carbocycles. The zero-order chi connectivity index (χ0) is 21.0. The van der Waals surface area contributed by atoms with Gasteiger partial charge in [0.2, 0.25) is 5.91 Å². The van der Waals surface area contributed by atoms with Crippen LogP contribution in [0.4, 0.5) is 0 Å². The highest BCUT2D eigenvalue weighted by Gasteiger charge is 2.22. The van der Waals surface area contributed by atoms with Crippen molar-refractivity contribution in [3.8, 4) is 0 Å². The molecule has 3 rings (SSSR count). The second kappa shape index (κ2) is 8.80. The van der Waals surface area contributed by atoms with Gasteiger partial charge in [0, 0.05) is 30.9 Å². The lowest BCUT2D eigenvalue weighted by Crippen LogP contribution is -2.32. The molecule has 3 aromatic rings. The normalized spacial score (nSPS) is 12.5. The number of aromatic nitrogens is 2. The number of aryl methyl sites for hydroxylation is 2. The molecule has 8 heteroatoms. The number of carbonyl (C=O) groups excluding carboxylic acids is 1. The van der Waals surface area contributed by atoms with Gasteiger partial charge in [-0.25, -0.2) is 13.4 Å². The maximum absolute atomic E-state index is 12.6. The Hall–Kier alpha value is -2.64. The fourth-order valence-corrected chi connectivity index (χ4v) is 4.30. The Morgan fingerprint density at radius 2 is 1.79 bits per heavy atom. The van der Waals surface area contributed by atoms with Crippen LogP contribution in [0.2, 0.25) is 5.02 Å². The van der Waals surface area contributed by atoms with Crippen molar-refractivity contribution in [1.82, 2.24) is 14.9 Å². The van der Waals surface area contributed by atoms with Crippen molar-refractivity contribution < 1.29 is 13.2 Å². The smallest absolute Gasteiger partial charge is 0.221 e. The molecule has 1 aromatic heterocycles. The predicted molar refractivity (Wildman–Crippen MR) is 112 cm³/mol. The van der Waals surface area contributed by atoms with Gasteiger partial charge in [0.15, 0.2) is 9.84 Å². The Kier molecular flexibility index (Phi) is 6.39. The van der Waals surface area contributed by atoms with E-state index in [9.17, 15) is 13.2 Å². The molecule has 0 aliphatic rings. The van der Waals surface area contributed by atoms with E-state index in [1.807, 2.05) is 30.7 Å². The van der Waals surface area contributed by atoms with Gasteiger partial charge in [-0.15, -0.1) is 0 Å². The van der Waals surface area contributed by atoms with E-state index in [0.717, 1.165) is 11.1 Å². The number of nitrogens with zero attached hydrogens (tertiary/aromatic N) is 2. The summed E-state index contributed by atoms with van der Waals surface area (Å²) in [4.78, 5) is 17.1. The standard InChI is InChI=1S/C21H22ClN3O3S/c1-15-3-9-18(10-4-15)29(27,28)14-11-19(26)24-20(21-23-12-13-25(21)2)16-5-7-17(22)8-6-16/h3-10,12-13,20H,11,14H2,1-2H3,(H,24,26). The minimum absolute atomic E-state index is 0.148. The fourth-order valence-electron chi connectivity index (χ4n) is 2.93. The number of carbonyl (C=O) groups is 1. The Bertz CT molecular complexity index is 1090. The third-order valence-electron chi connectivity index (χ3n) is 4.60. The summed E-state index contributed by atoms with van der Waals surface area (Å²) in [6, 6.07) is 13.2. The highest BCUT2D eigenvalue weighted by atomic mass is 35.5. The molecule has 0 saturated heterocycles. The zero-order valence-electron chi connectivity index (χ0n) is 16.2. The molecular formula is C21H22ClN3O3S. The van der Waals surface area contributed by atoms with Gasteiger partial charge >= 0.3 is 0 Å². The van der Waals surface area contributed by atoms with Crippen molar-refractivity contribution in [2.24, 2.45) is 7.05 Å². The Morgan fingerprint density at radius 1 is 1.14 bits per heavy atom. The van der Waals surface area contributed by atoms with Gasteiger partial charge in [0.05, 0.1) is 10.6 Å². The van der Waals surface area contributed by atoms with Crippen LogP contribution >= 0.6 is 11.6 Å². The number of amides is 1. The first-order valence-electron chi connectivity index (χ1n) is 9.08. The van der Waals surface area contributed by atoms with E-state index >= 15 is 0 Å². The van der Waals surface area contributed by atoms with E-state index in [1.165, 1.54) is 0 Å². The van der Waals surface area contributed by atoms with Crippen molar-refractivity contribution in [3.63, 3.8) is 0 Å². The molecule has 1 heterocycles. The monoisotopic (exact) mass is 431 g/mol.